The molecule has 0 radical (unpaired) electrons. The number of nitrogens with zero attached hydrogens (tertiary/aromatic N) is 2. The van der Waals surface area contributed by atoms with E-state index in [0.717, 1.165) is 37.3 Å². The largest absolute Gasteiger partial charge is 0.460 e. The van der Waals surface area contributed by atoms with Crippen LogP contribution < -0.4 is 10.2 Å². The van der Waals surface area contributed by atoms with Gasteiger partial charge in [-0.05, 0) is 57.6 Å². The van der Waals surface area contributed by atoms with Crippen molar-refractivity contribution >= 4 is 23.6 Å². The van der Waals surface area contributed by atoms with Gasteiger partial charge in [-0.1, -0.05) is 6.07 Å². The molecule has 0 bridgehead atoms. The number of nitrogens with one attached hydrogen (secondary N) is 1. The van der Waals surface area contributed by atoms with Gasteiger partial charge in [-0.25, -0.2) is 4.98 Å². The van der Waals surface area contributed by atoms with Gasteiger partial charge in [0.1, 0.15) is 11.4 Å². The molecule has 0 aliphatic carbocycles. The van der Waals surface area contributed by atoms with Gasteiger partial charge in [0.2, 0.25) is 11.8 Å². The molecular formula is C21H29N3O4. The quantitative estimate of drug-likeness (QED) is 0.617. The van der Waals surface area contributed by atoms with Gasteiger partial charge in [-0.15, -0.1) is 0 Å². The van der Waals surface area contributed by atoms with Crippen molar-refractivity contribution in [3.63, 3.8) is 0 Å². The van der Waals surface area contributed by atoms with Crippen molar-refractivity contribution in [2.45, 2.75) is 64.4 Å². The second-order valence-corrected chi connectivity index (χ2v) is 8.68. The number of piperidine rings is 1. The summed E-state index contributed by atoms with van der Waals surface area (Å²) in [4.78, 5) is 41.9. The molecule has 1 aromatic rings. The standard InChI is InChI=1S/C21H29N3O4/c1-21(2,3)28-19(26)9-4-14-10-11-24(13-14)17-7-5-15(12-22-17)16-6-8-18(25)23-20(16)27/h5,7,12,14,16H,4,6,8-11,13H2,1-3H3,(H,23,25,27). The molecule has 0 saturated carbocycles. The zero-order valence-electron chi connectivity index (χ0n) is 16.9. The van der Waals surface area contributed by atoms with E-state index in [9.17, 15) is 14.4 Å². The SMILES string of the molecule is CC(C)(C)OC(=O)CCC1CCN(c2ccc(C3CCC(=O)NC3=O)cn2)C1. The zero-order chi connectivity index (χ0) is 20.3. The Morgan fingerprint density at radius 2 is 2.07 bits per heavy atom. The van der Waals surface area contributed by atoms with E-state index in [1.165, 1.54) is 0 Å². The van der Waals surface area contributed by atoms with Gasteiger partial charge < -0.3 is 9.64 Å². The summed E-state index contributed by atoms with van der Waals surface area (Å²) >= 11 is 0. The molecule has 1 aromatic heterocycles. The third-order valence-corrected chi connectivity index (χ3v) is 5.20. The van der Waals surface area contributed by atoms with E-state index in [-0.39, 0.29) is 23.7 Å². The van der Waals surface area contributed by atoms with Gasteiger partial charge in [-0.2, -0.15) is 0 Å². The lowest BCUT2D eigenvalue weighted by Gasteiger charge is -2.22. The van der Waals surface area contributed by atoms with Crippen molar-refractivity contribution < 1.29 is 19.1 Å². The summed E-state index contributed by atoms with van der Waals surface area (Å²) in [6.07, 6.45) is 4.92. The number of hydrogen-bond acceptors (Lipinski definition) is 6. The van der Waals surface area contributed by atoms with Gasteiger partial charge in [0.05, 0.1) is 5.92 Å². The van der Waals surface area contributed by atoms with Crippen molar-refractivity contribution in [2.75, 3.05) is 18.0 Å². The van der Waals surface area contributed by atoms with Crippen LogP contribution in [0.1, 0.15) is 64.4 Å². The predicted molar refractivity (Wildman–Crippen MR) is 105 cm³/mol. The Bertz CT molecular complexity index is 739. The maximum atomic E-state index is 12.0. The van der Waals surface area contributed by atoms with E-state index < -0.39 is 5.60 Å². The number of imide groups is 1. The normalized spacial score (nSPS) is 22.9. The highest BCUT2D eigenvalue weighted by Gasteiger charge is 2.29. The Hall–Kier alpha value is -2.44. The highest BCUT2D eigenvalue weighted by Crippen LogP contribution is 2.28. The van der Waals surface area contributed by atoms with Crippen LogP contribution in [0.5, 0.6) is 0 Å². The van der Waals surface area contributed by atoms with Gasteiger partial charge in [0.15, 0.2) is 0 Å². The Balaban J connectivity index is 1.51. The van der Waals surface area contributed by atoms with E-state index in [4.69, 9.17) is 4.74 Å². The summed E-state index contributed by atoms with van der Waals surface area (Å²) in [5.74, 6) is 0.437. The lowest BCUT2D eigenvalue weighted by atomic mass is 9.92. The van der Waals surface area contributed by atoms with Crippen LogP contribution in [-0.4, -0.2) is 41.5 Å². The van der Waals surface area contributed by atoms with E-state index in [1.54, 1.807) is 6.20 Å². The fourth-order valence-corrected chi connectivity index (χ4v) is 3.79. The molecule has 0 spiro atoms. The minimum absolute atomic E-state index is 0.141. The number of hydrogen-bond donors (Lipinski definition) is 1. The van der Waals surface area contributed by atoms with Gasteiger partial charge in [0.25, 0.3) is 0 Å². The number of carbonyl (C=O) groups excluding carboxylic acids is 3. The van der Waals surface area contributed by atoms with Crippen molar-refractivity contribution in [1.82, 2.24) is 10.3 Å². The van der Waals surface area contributed by atoms with Crippen molar-refractivity contribution in [3.8, 4) is 0 Å². The number of aromatic nitrogens is 1. The average Bonchev–Trinajstić information content (AvgIpc) is 3.08. The van der Waals surface area contributed by atoms with Gasteiger partial charge in [0, 0.05) is 32.1 Å². The van der Waals surface area contributed by atoms with Crippen LogP contribution in [0.2, 0.25) is 0 Å². The average molecular weight is 387 g/mol. The number of anilines is 1. The molecule has 3 rings (SSSR count). The van der Waals surface area contributed by atoms with Crippen molar-refractivity contribution in [2.24, 2.45) is 5.92 Å². The van der Waals surface area contributed by atoms with Crippen LogP contribution in [0.4, 0.5) is 5.82 Å². The monoisotopic (exact) mass is 387 g/mol. The predicted octanol–water partition coefficient (Wildman–Crippen LogP) is 2.55. The molecule has 3 heterocycles. The maximum Gasteiger partial charge on any atom is 0.306 e. The number of esters is 1. The van der Waals surface area contributed by atoms with Crippen molar-refractivity contribution in [3.05, 3.63) is 23.9 Å². The number of ether oxygens (including phenoxy) is 1. The number of pyridine rings is 1. The van der Waals surface area contributed by atoms with Gasteiger partial charge >= 0.3 is 5.97 Å². The highest BCUT2D eigenvalue weighted by molar-refractivity contribution is 6.00. The molecule has 1 N–H and O–H groups in total. The fraction of sp³-hybridized carbons (Fsp3) is 0.619. The topological polar surface area (TPSA) is 88.6 Å². The molecule has 2 fully saturated rings. The number of rotatable bonds is 5. The van der Waals surface area contributed by atoms with Crippen LogP contribution >= 0.6 is 0 Å². The lowest BCUT2D eigenvalue weighted by Crippen LogP contribution is -2.39. The van der Waals surface area contributed by atoms with Gasteiger partial charge in [-0.3, -0.25) is 19.7 Å². The first-order valence-corrected chi connectivity index (χ1v) is 9.98. The number of amides is 2. The maximum absolute atomic E-state index is 12.0. The summed E-state index contributed by atoms with van der Waals surface area (Å²) in [6, 6.07) is 3.87. The summed E-state index contributed by atoms with van der Waals surface area (Å²) < 4.78 is 5.38. The fourth-order valence-electron chi connectivity index (χ4n) is 3.79. The molecule has 2 atom stereocenters. The molecule has 7 nitrogen and oxygen atoms in total. The third kappa shape index (κ3) is 5.30. The first kappa shape index (κ1) is 20.3. The van der Waals surface area contributed by atoms with Crippen LogP contribution in [0, 0.1) is 5.92 Å². The van der Waals surface area contributed by atoms with E-state index in [1.807, 2.05) is 32.9 Å². The minimum atomic E-state index is -0.438. The van der Waals surface area contributed by atoms with E-state index in [2.05, 4.69) is 15.2 Å². The van der Waals surface area contributed by atoms with Crippen molar-refractivity contribution in [1.29, 1.82) is 0 Å². The van der Waals surface area contributed by atoms with Crippen LogP contribution in [-0.2, 0) is 19.1 Å². The molecule has 2 aliphatic rings. The molecule has 2 aliphatic heterocycles. The molecule has 2 unspecified atom stereocenters. The summed E-state index contributed by atoms with van der Waals surface area (Å²) in [5, 5.41) is 2.39. The summed E-state index contributed by atoms with van der Waals surface area (Å²) in [7, 11) is 0. The Morgan fingerprint density at radius 3 is 2.71 bits per heavy atom. The van der Waals surface area contributed by atoms with Crippen LogP contribution in [0.3, 0.4) is 0 Å². The third-order valence-electron chi connectivity index (χ3n) is 5.20. The highest BCUT2D eigenvalue weighted by atomic mass is 16.6. The van der Waals surface area contributed by atoms with E-state index >= 15 is 0 Å². The van der Waals surface area contributed by atoms with E-state index in [0.29, 0.717) is 25.2 Å². The first-order valence-electron chi connectivity index (χ1n) is 9.98. The molecule has 7 heteroatoms. The minimum Gasteiger partial charge on any atom is -0.460 e. The molecule has 2 amide bonds. The Labute approximate surface area is 165 Å². The zero-order valence-corrected chi connectivity index (χ0v) is 16.9. The second kappa shape index (κ2) is 8.29. The molecule has 28 heavy (non-hydrogen) atoms. The van der Waals surface area contributed by atoms with Crippen LogP contribution in [0.25, 0.3) is 0 Å². The Kier molecular flexibility index (Phi) is 6.01. The molecule has 2 saturated heterocycles. The smallest absolute Gasteiger partial charge is 0.306 e. The molecule has 152 valence electrons. The van der Waals surface area contributed by atoms with Crippen LogP contribution in [0.15, 0.2) is 18.3 Å². The molecule has 0 aromatic carbocycles. The number of carbonyl (C=O) groups is 3. The Morgan fingerprint density at radius 1 is 1.29 bits per heavy atom. The molecular weight excluding hydrogens is 358 g/mol. The first-order chi connectivity index (χ1) is 13.2. The lowest BCUT2D eigenvalue weighted by molar-refractivity contribution is -0.155. The summed E-state index contributed by atoms with van der Waals surface area (Å²) in [6.45, 7) is 7.42. The second-order valence-electron chi connectivity index (χ2n) is 8.68. The summed E-state index contributed by atoms with van der Waals surface area (Å²) in [5.41, 5.74) is 0.405.